The monoisotopic (exact) mass is 344 g/mol. The maximum Gasteiger partial charge on any atom is 0.325 e. The van der Waals surface area contributed by atoms with Gasteiger partial charge in [-0.3, -0.25) is 4.90 Å². The summed E-state index contributed by atoms with van der Waals surface area (Å²) in [5, 5.41) is 3.51. The molecule has 0 radical (unpaired) electrons. The molecule has 4 rings (SSSR count). The molecule has 124 valence electrons. The molecule has 2 aromatic carbocycles. The Kier molecular flexibility index (Phi) is 3.35. The van der Waals surface area contributed by atoms with Crippen LogP contribution in [0.25, 0.3) is 0 Å². The number of nitrogens with one attached hydrogen (secondary N) is 1. The number of hydrogen-bond donors (Lipinski definition) is 1. The van der Waals surface area contributed by atoms with E-state index in [0.717, 1.165) is 11.3 Å². The molecule has 24 heavy (non-hydrogen) atoms. The van der Waals surface area contributed by atoms with E-state index in [1.807, 2.05) is 31.2 Å². The lowest BCUT2D eigenvalue weighted by atomic mass is 9.90. The van der Waals surface area contributed by atoms with Crippen LogP contribution in [-0.2, 0) is 0 Å². The number of ether oxygens (including phenoxy) is 2. The van der Waals surface area contributed by atoms with Crippen molar-refractivity contribution in [3.63, 3.8) is 0 Å². The van der Waals surface area contributed by atoms with Crippen LogP contribution in [0.4, 0.5) is 10.5 Å². The lowest BCUT2D eigenvalue weighted by Gasteiger charge is -2.50. The maximum absolute atomic E-state index is 12.7. The van der Waals surface area contributed by atoms with Crippen molar-refractivity contribution in [1.29, 1.82) is 0 Å². The molecule has 2 bridgehead atoms. The van der Waals surface area contributed by atoms with Crippen molar-refractivity contribution in [1.82, 2.24) is 5.32 Å². The lowest BCUT2D eigenvalue weighted by Crippen LogP contribution is -2.65. The number of nitrogens with zero attached hydrogens (tertiary/aromatic N) is 1. The molecule has 1 saturated heterocycles. The third-order valence-corrected chi connectivity index (χ3v) is 4.87. The number of urea groups is 1. The fourth-order valence-electron chi connectivity index (χ4n) is 3.51. The number of anilines is 1. The average molecular weight is 345 g/mol. The van der Waals surface area contributed by atoms with Gasteiger partial charge in [0, 0.05) is 12.0 Å². The van der Waals surface area contributed by atoms with Crippen LogP contribution in [0.15, 0.2) is 42.5 Å². The summed E-state index contributed by atoms with van der Waals surface area (Å²) in [6.45, 7) is 1.92. The Morgan fingerprint density at radius 1 is 1.33 bits per heavy atom. The summed E-state index contributed by atoms with van der Waals surface area (Å²) in [6.07, 6.45) is 0.652. The van der Waals surface area contributed by atoms with Gasteiger partial charge in [-0.05, 0) is 31.2 Å². The van der Waals surface area contributed by atoms with Gasteiger partial charge in [0.2, 0.25) is 0 Å². The molecule has 0 aliphatic carbocycles. The van der Waals surface area contributed by atoms with Crippen molar-refractivity contribution >= 4 is 23.3 Å². The number of amides is 2. The minimum Gasteiger partial charge on any atom is -0.495 e. The van der Waals surface area contributed by atoms with Gasteiger partial charge < -0.3 is 14.8 Å². The topological polar surface area (TPSA) is 50.8 Å². The van der Waals surface area contributed by atoms with Crippen LogP contribution in [0, 0.1) is 0 Å². The van der Waals surface area contributed by atoms with Gasteiger partial charge >= 0.3 is 6.03 Å². The predicted octanol–water partition coefficient (Wildman–Crippen LogP) is 4.12. The van der Waals surface area contributed by atoms with Crippen molar-refractivity contribution < 1.29 is 14.3 Å². The van der Waals surface area contributed by atoms with E-state index in [-0.39, 0.29) is 12.1 Å². The predicted molar refractivity (Wildman–Crippen MR) is 91.8 cm³/mol. The second-order valence-electron chi connectivity index (χ2n) is 6.18. The zero-order valence-electron chi connectivity index (χ0n) is 13.4. The second-order valence-corrected chi connectivity index (χ2v) is 6.58. The molecule has 0 unspecified atom stereocenters. The second kappa shape index (κ2) is 5.31. The smallest absolute Gasteiger partial charge is 0.325 e. The van der Waals surface area contributed by atoms with Crippen molar-refractivity contribution in [3.05, 3.63) is 53.1 Å². The van der Waals surface area contributed by atoms with Gasteiger partial charge in [-0.15, -0.1) is 0 Å². The first-order valence-corrected chi connectivity index (χ1v) is 8.12. The van der Waals surface area contributed by atoms with E-state index in [9.17, 15) is 4.79 Å². The molecule has 2 amide bonds. The highest BCUT2D eigenvalue weighted by atomic mass is 35.5. The van der Waals surface area contributed by atoms with E-state index in [0.29, 0.717) is 22.9 Å². The Hall–Kier alpha value is -2.40. The highest BCUT2D eigenvalue weighted by Gasteiger charge is 2.49. The van der Waals surface area contributed by atoms with Gasteiger partial charge in [0.1, 0.15) is 11.5 Å². The van der Waals surface area contributed by atoms with Crippen molar-refractivity contribution in [2.24, 2.45) is 0 Å². The molecule has 0 saturated carbocycles. The number of para-hydroxylation sites is 1. The van der Waals surface area contributed by atoms with Crippen LogP contribution >= 0.6 is 11.6 Å². The highest BCUT2D eigenvalue weighted by Crippen LogP contribution is 2.46. The lowest BCUT2D eigenvalue weighted by molar-refractivity contribution is 0.0379. The minimum atomic E-state index is -0.779. The fraction of sp³-hybridized carbons (Fsp3) is 0.278. The number of methoxy groups -OCH3 is 1. The van der Waals surface area contributed by atoms with Gasteiger partial charge in [0.25, 0.3) is 0 Å². The van der Waals surface area contributed by atoms with Crippen LogP contribution in [0.3, 0.4) is 0 Å². The number of hydrogen-bond acceptors (Lipinski definition) is 3. The van der Waals surface area contributed by atoms with E-state index >= 15 is 0 Å². The molecule has 5 nitrogen and oxygen atoms in total. The fourth-order valence-corrected chi connectivity index (χ4v) is 3.76. The van der Waals surface area contributed by atoms with E-state index < -0.39 is 5.72 Å². The van der Waals surface area contributed by atoms with Crippen LogP contribution in [0.5, 0.6) is 11.5 Å². The number of carbonyl (C=O) groups is 1. The maximum atomic E-state index is 12.7. The summed E-state index contributed by atoms with van der Waals surface area (Å²) >= 11 is 6.23. The van der Waals surface area contributed by atoms with Crippen LogP contribution in [0.1, 0.15) is 24.9 Å². The molecule has 2 aromatic rings. The molecule has 1 fully saturated rings. The standard InChI is InChI=1S/C18H17ClN2O3/c1-18-10-14(12-5-3-4-6-15(12)24-18)20-17(22)21(18)11-7-8-16(23-2)13(19)9-11/h3-9,14H,10H2,1-2H3,(H,20,22)/t14-,18+/m0/s1. The molecular weight excluding hydrogens is 328 g/mol. The summed E-state index contributed by atoms with van der Waals surface area (Å²) in [6, 6.07) is 12.8. The Morgan fingerprint density at radius 3 is 2.88 bits per heavy atom. The van der Waals surface area contributed by atoms with Crippen LogP contribution in [0.2, 0.25) is 5.02 Å². The zero-order chi connectivity index (χ0) is 16.9. The first-order valence-electron chi connectivity index (χ1n) is 7.74. The molecule has 2 aliphatic heterocycles. The van der Waals surface area contributed by atoms with Crippen LogP contribution < -0.4 is 19.7 Å². The largest absolute Gasteiger partial charge is 0.495 e. The van der Waals surface area contributed by atoms with Crippen molar-refractivity contribution in [2.75, 3.05) is 12.0 Å². The summed E-state index contributed by atoms with van der Waals surface area (Å²) in [7, 11) is 1.56. The Balaban J connectivity index is 1.78. The van der Waals surface area contributed by atoms with Gasteiger partial charge in [-0.1, -0.05) is 29.8 Å². The SMILES string of the molecule is COc1ccc(N2C(=O)N[C@H]3C[C@@]2(C)Oc2ccccc23)cc1Cl. The minimum absolute atomic E-state index is 0.0579. The Labute approximate surface area is 145 Å². The summed E-state index contributed by atoms with van der Waals surface area (Å²) in [4.78, 5) is 14.4. The number of rotatable bonds is 2. The molecule has 6 heteroatoms. The van der Waals surface area contributed by atoms with Gasteiger partial charge in [0.05, 0.1) is 23.9 Å². The molecule has 2 atom stereocenters. The van der Waals surface area contributed by atoms with Crippen LogP contribution in [-0.4, -0.2) is 18.9 Å². The van der Waals surface area contributed by atoms with E-state index in [1.165, 1.54) is 0 Å². The Morgan fingerprint density at radius 2 is 2.12 bits per heavy atom. The number of benzene rings is 2. The molecular formula is C18H17ClN2O3. The number of halogens is 1. The molecule has 1 N–H and O–H groups in total. The quantitative estimate of drug-likeness (QED) is 0.891. The molecule has 2 aliphatic rings. The van der Waals surface area contributed by atoms with Crippen molar-refractivity contribution in [2.45, 2.75) is 25.1 Å². The summed E-state index contributed by atoms with van der Waals surface area (Å²) in [5.74, 6) is 1.36. The van der Waals surface area contributed by atoms with E-state index in [4.69, 9.17) is 21.1 Å². The normalized spacial score (nSPS) is 24.7. The molecule has 0 spiro atoms. The average Bonchev–Trinajstić information content (AvgIpc) is 2.54. The summed E-state index contributed by atoms with van der Waals surface area (Å²) < 4.78 is 11.4. The van der Waals surface area contributed by atoms with E-state index in [2.05, 4.69) is 5.32 Å². The first-order chi connectivity index (χ1) is 11.5. The Bertz CT molecular complexity index is 826. The van der Waals surface area contributed by atoms with Gasteiger partial charge in [-0.25, -0.2) is 4.79 Å². The molecule has 2 heterocycles. The highest BCUT2D eigenvalue weighted by molar-refractivity contribution is 6.32. The summed E-state index contributed by atoms with van der Waals surface area (Å²) in [5.41, 5.74) is 0.897. The van der Waals surface area contributed by atoms with Gasteiger partial charge in [-0.2, -0.15) is 0 Å². The zero-order valence-corrected chi connectivity index (χ0v) is 14.1. The third-order valence-electron chi connectivity index (χ3n) is 4.57. The van der Waals surface area contributed by atoms with E-state index in [1.54, 1.807) is 30.2 Å². The van der Waals surface area contributed by atoms with Gasteiger partial charge in [0.15, 0.2) is 5.72 Å². The number of carbonyl (C=O) groups excluding carboxylic acids is 1. The van der Waals surface area contributed by atoms with Crippen molar-refractivity contribution in [3.8, 4) is 11.5 Å². The number of fused-ring (bicyclic) bond motifs is 4. The molecule has 0 aromatic heterocycles. The third kappa shape index (κ3) is 2.19. The first kappa shape index (κ1) is 15.1.